The second-order valence-corrected chi connectivity index (χ2v) is 9.52. The standard InChI is InChI=1S/C23H24ClN3O2S/c1-15(22-25-19-4-2-3-5-21(19)30-22)26-8-10-27(11-9-26)23(28)17-12-16-13-18(24)6-7-20(16)29-14-17/h2-7,13,15,17H,8-12,14H2,1H3. The molecule has 2 aliphatic heterocycles. The smallest absolute Gasteiger partial charge is 0.229 e. The first-order valence-electron chi connectivity index (χ1n) is 10.4. The van der Waals surface area contributed by atoms with E-state index in [-0.39, 0.29) is 17.9 Å². The minimum atomic E-state index is -0.135. The zero-order chi connectivity index (χ0) is 20.7. The number of benzene rings is 2. The topological polar surface area (TPSA) is 45.7 Å². The number of carbonyl (C=O) groups is 1. The van der Waals surface area contributed by atoms with E-state index in [0.717, 1.165) is 48.0 Å². The molecule has 5 rings (SSSR count). The van der Waals surface area contributed by atoms with E-state index in [1.807, 2.05) is 29.2 Å². The summed E-state index contributed by atoms with van der Waals surface area (Å²) in [5.41, 5.74) is 2.09. The molecule has 2 unspecified atom stereocenters. The van der Waals surface area contributed by atoms with Gasteiger partial charge in [-0.25, -0.2) is 4.98 Å². The van der Waals surface area contributed by atoms with Gasteiger partial charge in [-0.3, -0.25) is 9.69 Å². The zero-order valence-electron chi connectivity index (χ0n) is 16.9. The van der Waals surface area contributed by atoms with Gasteiger partial charge in [0, 0.05) is 31.2 Å². The highest BCUT2D eigenvalue weighted by atomic mass is 35.5. The second-order valence-electron chi connectivity index (χ2n) is 8.02. The van der Waals surface area contributed by atoms with Crippen LogP contribution in [-0.4, -0.2) is 53.5 Å². The molecule has 3 aromatic rings. The first-order chi connectivity index (χ1) is 14.6. The van der Waals surface area contributed by atoms with Crippen molar-refractivity contribution in [3.63, 3.8) is 0 Å². The molecule has 0 saturated carbocycles. The minimum absolute atomic E-state index is 0.135. The van der Waals surface area contributed by atoms with Crippen molar-refractivity contribution in [1.82, 2.24) is 14.8 Å². The molecule has 1 fully saturated rings. The van der Waals surface area contributed by atoms with Crippen LogP contribution < -0.4 is 4.74 Å². The third kappa shape index (κ3) is 3.80. The number of hydrogen-bond donors (Lipinski definition) is 0. The van der Waals surface area contributed by atoms with Crippen LogP contribution in [0.2, 0.25) is 5.02 Å². The van der Waals surface area contributed by atoms with E-state index in [9.17, 15) is 4.79 Å². The van der Waals surface area contributed by atoms with Gasteiger partial charge in [-0.15, -0.1) is 11.3 Å². The maximum atomic E-state index is 13.1. The van der Waals surface area contributed by atoms with Gasteiger partial charge in [0.1, 0.15) is 17.4 Å². The van der Waals surface area contributed by atoms with Crippen LogP contribution in [0.1, 0.15) is 23.5 Å². The highest BCUT2D eigenvalue weighted by molar-refractivity contribution is 7.18. The van der Waals surface area contributed by atoms with Crippen molar-refractivity contribution in [3.05, 3.63) is 58.1 Å². The number of amides is 1. The van der Waals surface area contributed by atoms with Gasteiger partial charge in [-0.1, -0.05) is 23.7 Å². The molecule has 1 saturated heterocycles. The maximum Gasteiger partial charge on any atom is 0.229 e. The first-order valence-corrected chi connectivity index (χ1v) is 11.6. The summed E-state index contributed by atoms with van der Waals surface area (Å²) in [7, 11) is 0. The van der Waals surface area contributed by atoms with Crippen LogP contribution in [0.3, 0.4) is 0 Å². The molecule has 0 N–H and O–H groups in total. The summed E-state index contributed by atoms with van der Waals surface area (Å²) in [5, 5.41) is 1.83. The van der Waals surface area contributed by atoms with Crippen LogP contribution in [0.15, 0.2) is 42.5 Å². The first kappa shape index (κ1) is 19.8. The van der Waals surface area contributed by atoms with Gasteiger partial charge in [-0.05, 0) is 49.2 Å². The number of rotatable bonds is 3. The lowest BCUT2D eigenvalue weighted by Gasteiger charge is -2.39. The fourth-order valence-electron chi connectivity index (χ4n) is 4.33. The van der Waals surface area contributed by atoms with Crippen molar-refractivity contribution in [1.29, 1.82) is 0 Å². The molecule has 2 aliphatic rings. The molecule has 7 heteroatoms. The molecular formula is C23H24ClN3O2S. The number of piperazine rings is 1. The number of thiazole rings is 1. The number of nitrogens with zero attached hydrogens (tertiary/aromatic N) is 3. The number of hydrogen-bond acceptors (Lipinski definition) is 5. The molecule has 1 amide bonds. The lowest BCUT2D eigenvalue weighted by Crippen LogP contribution is -2.52. The summed E-state index contributed by atoms with van der Waals surface area (Å²) < 4.78 is 7.05. The molecule has 2 atom stereocenters. The summed E-state index contributed by atoms with van der Waals surface area (Å²) in [6.07, 6.45) is 0.692. The van der Waals surface area contributed by atoms with Crippen LogP contribution in [0, 0.1) is 5.92 Å². The Morgan fingerprint density at radius 1 is 1.20 bits per heavy atom. The van der Waals surface area contributed by atoms with Gasteiger partial charge in [0.15, 0.2) is 0 Å². The van der Waals surface area contributed by atoms with Crippen molar-refractivity contribution in [3.8, 4) is 5.75 Å². The Morgan fingerprint density at radius 3 is 2.80 bits per heavy atom. The number of aromatic nitrogens is 1. The van der Waals surface area contributed by atoms with Crippen molar-refractivity contribution in [2.45, 2.75) is 19.4 Å². The van der Waals surface area contributed by atoms with Crippen LogP contribution in [0.5, 0.6) is 5.75 Å². The Bertz CT molecular complexity index is 1040. The van der Waals surface area contributed by atoms with Crippen molar-refractivity contribution < 1.29 is 9.53 Å². The molecule has 0 aliphatic carbocycles. The fourth-order valence-corrected chi connectivity index (χ4v) is 5.58. The van der Waals surface area contributed by atoms with Crippen LogP contribution in [-0.2, 0) is 11.2 Å². The van der Waals surface area contributed by atoms with Gasteiger partial charge < -0.3 is 9.64 Å². The number of ether oxygens (including phenoxy) is 1. The highest BCUT2D eigenvalue weighted by Gasteiger charge is 2.32. The van der Waals surface area contributed by atoms with E-state index >= 15 is 0 Å². The molecule has 2 aromatic carbocycles. The Morgan fingerprint density at radius 2 is 2.00 bits per heavy atom. The Balaban J connectivity index is 1.21. The van der Waals surface area contributed by atoms with E-state index in [1.165, 1.54) is 4.70 Å². The van der Waals surface area contributed by atoms with Gasteiger partial charge in [-0.2, -0.15) is 0 Å². The third-order valence-corrected chi connectivity index (χ3v) is 7.56. The monoisotopic (exact) mass is 441 g/mol. The largest absolute Gasteiger partial charge is 0.492 e. The van der Waals surface area contributed by atoms with E-state index in [4.69, 9.17) is 21.3 Å². The summed E-state index contributed by atoms with van der Waals surface area (Å²) in [4.78, 5) is 22.3. The molecule has 0 spiro atoms. The number of para-hydroxylation sites is 1. The zero-order valence-corrected chi connectivity index (χ0v) is 18.5. The summed E-state index contributed by atoms with van der Waals surface area (Å²) in [5.74, 6) is 0.898. The Labute approximate surface area is 185 Å². The van der Waals surface area contributed by atoms with Gasteiger partial charge >= 0.3 is 0 Å². The SMILES string of the molecule is CC(c1nc2ccccc2s1)N1CCN(C(=O)C2COc3ccc(Cl)cc3C2)CC1. The van der Waals surface area contributed by atoms with Crippen LogP contribution in [0.25, 0.3) is 10.2 Å². The molecule has 0 bridgehead atoms. The third-order valence-electron chi connectivity index (χ3n) is 6.12. The van der Waals surface area contributed by atoms with Crippen molar-refractivity contribution in [2.24, 2.45) is 5.92 Å². The van der Waals surface area contributed by atoms with Crippen molar-refractivity contribution >= 4 is 39.1 Å². The number of carbonyl (C=O) groups excluding carboxylic acids is 1. The van der Waals surface area contributed by atoms with Gasteiger partial charge in [0.05, 0.1) is 22.2 Å². The molecule has 30 heavy (non-hydrogen) atoms. The lowest BCUT2D eigenvalue weighted by atomic mass is 9.95. The molecule has 156 valence electrons. The average molecular weight is 442 g/mol. The molecule has 0 radical (unpaired) electrons. The summed E-state index contributed by atoms with van der Waals surface area (Å²) in [6.45, 7) is 5.86. The van der Waals surface area contributed by atoms with E-state index in [1.54, 1.807) is 11.3 Å². The summed E-state index contributed by atoms with van der Waals surface area (Å²) >= 11 is 7.88. The van der Waals surface area contributed by atoms with Gasteiger partial charge in [0.25, 0.3) is 0 Å². The fraction of sp³-hybridized carbons (Fsp3) is 0.391. The van der Waals surface area contributed by atoms with E-state index in [2.05, 4.69) is 30.0 Å². The van der Waals surface area contributed by atoms with Crippen LogP contribution >= 0.6 is 22.9 Å². The number of fused-ring (bicyclic) bond motifs is 2. The van der Waals surface area contributed by atoms with E-state index < -0.39 is 0 Å². The minimum Gasteiger partial charge on any atom is -0.492 e. The second kappa shape index (κ2) is 8.17. The average Bonchev–Trinajstić information content (AvgIpc) is 3.22. The highest BCUT2D eigenvalue weighted by Crippen LogP contribution is 2.32. The molecule has 5 nitrogen and oxygen atoms in total. The molecular weight excluding hydrogens is 418 g/mol. The molecule has 3 heterocycles. The molecule has 1 aromatic heterocycles. The van der Waals surface area contributed by atoms with E-state index in [0.29, 0.717) is 18.1 Å². The normalized spacial score (nSPS) is 20.6. The Hall–Kier alpha value is -2.15. The number of halogens is 1. The maximum absolute atomic E-state index is 13.1. The predicted molar refractivity (Wildman–Crippen MR) is 120 cm³/mol. The summed E-state index contributed by atoms with van der Waals surface area (Å²) in [6, 6.07) is 14.2. The quantitative estimate of drug-likeness (QED) is 0.604. The van der Waals surface area contributed by atoms with Crippen LogP contribution in [0.4, 0.5) is 0 Å². The Kier molecular flexibility index (Phi) is 5.39. The van der Waals surface area contributed by atoms with Crippen molar-refractivity contribution in [2.75, 3.05) is 32.8 Å². The predicted octanol–water partition coefficient (Wildman–Crippen LogP) is 4.41. The lowest BCUT2D eigenvalue weighted by molar-refractivity contribution is -0.139. The van der Waals surface area contributed by atoms with Gasteiger partial charge in [0.2, 0.25) is 5.91 Å².